The molecule has 3 rings (SSSR count). The second-order valence-corrected chi connectivity index (χ2v) is 8.62. The van der Waals surface area contributed by atoms with Gasteiger partial charge in [-0.3, -0.25) is 9.78 Å². The van der Waals surface area contributed by atoms with Gasteiger partial charge in [0.2, 0.25) is 0 Å². The first-order valence-corrected chi connectivity index (χ1v) is 11.0. The minimum atomic E-state index is -4.62. The average Bonchev–Trinajstić information content (AvgIpc) is 2.74. The van der Waals surface area contributed by atoms with Crippen LogP contribution in [0.3, 0.4) is 0 Å². The Balaban J connectivity index is 1.59. The summed E-state index contributed by atoms with van der Waals surface area (Å²) in [7, 11) is 1.49. The number of nitrogens with zero attached hydrogens (tertiary/aromatic N) is 1. The zero-order valence-corrected chi connectivity index (χ0v) is 19.0. The van der Waals surface area contributed by atoms with E-state index in [-0.39, 0.29) is 16.6 Å². The Morgan fingerprint density at radius 1 is 1.24 bits per heavy atom. The van der Waals surface area contributed by atoms with Crippen molar-refractivity contribution < 1.29 is 27.5 Å². The van der Waals surface area contributed by atoms with Crippen molar-refractivity contribution in [2.45, 2.75) is 24.5 Å². The zero-order chi connectivity index (χ0) is 24.2. The molecule has 0 fully saturated rings. The van der Waals surface area contributed by atoms with Gasteiger partial charge in [-0.25, -0.2) is 4.79 Å². The fraction of sp³-hybridized carbons (Fsp3) is 0.286. The van der Waals surface area contributed by atoms with Crippen LogP contribution in [0.1, 0.15) is 17.4 Å². The lowest BCUT2D eigenvalue weighted by atomic mass is 9.93. The third kappa shape index (κ3) is 6.55. The Morgan fingerprint density at radius 2 is 2.00 bits per heavy atom. The number of halogens is 4. The Bertz CT molecular complexity index is 1060. The highest BCUT2D eigenvalue weighted by atomic mass is 35.5. The second-order valence-electron chi connectivity index (χ2n) is 7.06. The molecular formula is C21H20ClF3N4O3S. The summed E-state index contributed by atoms with van der Waals surface area (Å²) < 4.78 is 45.2. The van der Waals surface area contributed by atoms with Crippen molar-refractivity contribution in [3.63, 3.8) is 0 Å². The number of hydrogen-bond donors (Lipinski definition) is 3. The molecule has 3 unspecified atom stereocenters. The maximum absolute atomic E-state index is 13.1. The SMILES string of the molecule is CNC(=O)c1cc(OC2=CC=CC(NC(=O)NC3C=C(C(F)(F)F)C(Cl)=CC3C)S2)ccn1. The summed E-state index contributed by atoms with van der Waals surface area (Å²) >= 11 is 6.90. The number of alkyl halides is 3. The lowest BCUT2D eigenvalue weighted by molar-refractivity contribution is -0.0893. The molecule has 0 aromatic carbocycles. The Morgan fingerprint density at radius 3 is 2.70 bits per heavy atom. The molecule has 0 saturated carbocycles. The van der Waals surface area contributed by atoms with Crippen LogP contribution in [0.25, 0.3) is 0 Å². The van der Waals surface area contributed by atoms with E-state index in [9.17, 15) is 22.8 Å². The van der Waals surface area contributed by atoms with Crippen molar-refractivity contribution >= 4 is 35.3 Å². The number of carbonyl (C=O) groups is 2. The predicted molar refractivity (Wildman–Crippen MR) is 120 cm³/mol. The van der Waals surface area contributed by atoms with Crippen molar-refractivity contribution in [2.24, 2.45) is 5.92 Å². The highest BCUT2D eigenvalue weighted by Crippen LogP contribution is 2.37. The monoisotopic (exact) mass is 500 g/mol. The van der Waals surface area contributed by atoms with Crippen LogP contribution in [0.5, 0.6) is 5.75 Å². The fourth-order valence-corrected chi connectivity index (χ4v) is 4.23. The van der Waals surface area contributed by atoms with Gasteiger partial charge in [0.25, 0.3) is 5.91 Å². The topological polar surface area (TPSA) is 92.4 Å². The van der Waals surface area contributed by atoms with Crippen molar-refractivity contribution in [3.05, 3.63) is 70.1 Å². The summed E-state index contributed by atoms with van der Waals surface area (Å²) in [4.78, 5) is 28.1. The van der Waals surface area contributed by atoms with E-state index in [0.29, 0.717) is 10.8 Å². The number of nitrogens with one attached hydrogen (secondary N) is 3. The predicted octanol–water partition coefficient (Wildman–Crippen LogP) is 4.22. The van der Waals surface area contributed by atoms with Gasteiger partial charge in [0.05, 0.1) is 11.6 Å². The Kier molecular flexibility index (Phi) is 7.75. The molecule has 3 atom stereocenters. The molecule has 176 valence electrons. The number of hydrogen-bond acceptors (Lipinski definition) is 5. The van der Waals surface area contributed by atoms with E-state index in [2.05, 4.69) is 20.9 Å². The van der Waals surface area contributed by atoms with Crippen LogP contribution in [-0.2, 0) is 0 Å². The van der Waals surface area contributed by atoms with E-state index in [1.54, 1.807) is 31.2 Å². The minimum absolute atomic E-state index is 0.183. The minimum Gasteiger partial charge on any atom is -0.450 e. The first kappa shape index (κ1) is 24.7. The number of pyridine rings is 1. The van der Waals surface area contributed by atoms with Crippen LogP contribution in [0.15, 0.2) is 64.4 Å². The summed E-state index contributed by atoms with van der Waals surface area (Å²) in [5.41, 5.74) is -0.797. The van der Waals surface area contributed by atoms with Crippen LogP contribution in [0.4, 0.5) is 18.0 Å². The van der Waals surface area contributed by atoms with Crippen molar-refractivity contribution in [1.29, 1.82) is 0 Å². The molecule has 2 heterocycles. The van der Waals surface area contributed by atoms with Crippen molar-refractivity contribution in [1.82, 2.24) is 20.9 Å². The van der Waals surface area contributed by atoms with E-state index in [4.69, 9.17) is 16.3 Å². The van der Waals surface area contributed by atoms with Gasteiger partial charge >= 0.3 is 12.2 Å². The van der Waals surface area contributed by atoms with Gasteiger partial charge < -0.3 is 20.7 Å². The lowest BCUT2D eigenvalue weighted by Gasteiger charge is -2.28. The number of rotatable bonds is 5. The van der Waals surface area contributed by atoms with Crippen molar-refractivity contribution in [3.8, 4) is 5.75 Å². The van der Waals surface area contributed by atoms with Gasteiger partial charge in [-0.1, -0.05) is 48.5 Å². The largest absolute Gasteiger partial charge is 0.450 e. The first-order valence-electron chi connectivity index (χ1n) is 9.71. The zero-order valence-electron chi connectivity index (χ0n) is 17.4. The van der Waals surface area contributed by atoms with E-state index in [1.165, 1.54) is 37.1 Å². The number of allylic oxidation sites excluding steroid dienone is 4. The summed E-state index contributed by atoms with van der Waals surface area (Å²) in [6.45, 7) is 1.66. The van der Waals surface area contributed by atoms with E-state index >= 15 is 0 Å². The number of amides is 3. The third-order valence-electron chi connectivity index (χ3n) is 4.63. The average molecular weight is 501 g/mol. The standard InChI is InChI=1S/C21H20ClF3N4O3S/c1-11-8-14(22)13(21(23,24)25)10-15(11)28-20(31)29-17-4-3-5-18(33-17)32-12-6-7-27-16(9-12)19(30)26-2/h3-11,15,17H,1-2H3,(H,26,30)(H2,28,29,31). The molecule has 0 saturated heterocycles. The third-order valence-corrected chi connectivity index (χ3v) is 5.94. The molecule has 12 heteroatoms. The maximum Gasteiger partial charge on any atom is 0.417 e. The van der Waals surface area contributed by atoms with Crippen LogP contribution in [0.2, 0.25) is 0 Å². The molecule has 7 nitrogen and oxygen atoms in total. The maximum atomic E-state index is 13.1. The summed E-state index contributed by atoms with van der Waals surface area (Å²) in [5.74, 6) is -0.410. The molecule has 2 aliphatic rings. The van der Waals surface area contributed by atoms with Gasteiger partial charge in [0.1, 0.15) is 16.8 Å². The van der Waals surface area contributed by atoms with Gasteiger partial charge in [-0.05, 0) is 24.1 Å². The van der Waals surface area contributed by atoms with Gasteiger partial charge in [-0.15, -0.1) is 0 Å². The van der Waals surface area contributed by atoms with Crippen LogP contribution in [0, 0.1) is 5.92 Å². The molecule has 1 aromatic rings. The smallest absolute Gasteiger partial charge is 0.417 e. The number of ether oxygens (including phenoxy) is 1. The van der Waals surface area contributed by atoms with Gasteiger partial charge in [-0.2, -0.15) is 13.2 Å². The van der Waals surface area contributed by atoms with Crippen LogP contribution in [-0.4, -0.2) is 41.6 Å². The molecular weight excluding hydrogens is 481 g/mol. The Hall–Kier alpha value is -2.92. The molecule has 3 N–H and O–H groups in total. The Labute approximate surface area is 197 Å². The van der Waals surface area contributed by atoms with E-state index < -0.39 is 35.1 Å². The molecule has 1 aromatic heterocycles. The number of urea groups is 1. The molecule has 0 spiro atoms. The van der Waals surface area contributed by atoms with E-state index in [1.807, 2.05) is 0 Å². The normalized spacial score (nSPS) is 22.5. The molecule has 1 aliphatic heterocycles. The van der Waals surface area contributed by atoms with E-state index in [0.717, 1.165) is 6.08 Å². The van der Waals surface area contributed by atoms with Gasteiger partial charge in [0.15, 0.2) is 5.09 Å². The molecule has 0 radical (unpaired) electrons. The second kappa shape index (κ2) is 10.3. The number of carbonyl (C=O) groups excluding carboxylic acids is 2. The molecule has 0 bridgehead atoms. The number of thioether (sulfide) groups is 1. The van der Waals surface area contributed by atoms with Crippen molar-refractivity contribution in [2.75, 3.05) is 7.05 Å². The fourth-order valence-electron chi connectivity index (χ4n) is 2.98. The first-order chi connectivity index (χ1) is 15.6. The molecule has 3 amide bonds. The van der Waals surface area contributed by atoms with Crippen LogP contribution < -0.4 is 20.7 Å². The lowest BCUT2D eigenvalue weighted by Crippen LogP contribution is -2.47. The highest BCUT2D eigenvalue weighted by Gasteiger charge is 2.39. The number of aromatic nitrogens is 1. The highest BCUT2D eigenvalue weighted by molar-refractivity contribution is 8.03. The summed E-state index contributed by atoms with van der Waals surface area (Å²) in [5, 5.41) is 7.20. The van der Waals surface area contributed by atoms with Gasteiger partial charge in [0, 0.05) is 24.3 Å². The quantitative estimate of drug-likeness (QED) is 0.563. The summed E-state index contributed by atoms with van der Waals surface area (Å²) in [6, 6.07) is 1.52. The van der Waals surface area contributed by atoms with Crippen LogP contribution >= 0.6 is 23.4 Å². The summed E-state index contributed by atoms with van der Waals surface area (Å²) in [6.07, 6.45) is 4.03. The molecule has 33 heavy (non-hydrogen) atoms. The molecule has 1 aliphatic carbocycles.